The van der Waals surface area contributed by atoms with E-state index in [2.05, 4.69) is 4.99 Å². The number of hydrogen-bond acceptors (Lipinski definition) is 5. The van der Waals surface area contributed by atoms with Gasteiger partial charge in [-0.2, -0.15) is 0 Å². The molecule has 1 aliphatic rings. The molecule has 1 heterocycles. The number of benzene rings is 2. The van der Waals surface area contributed by atoms with E-state index in [-0.39, 0.29) is 11.2 Å². The zero-order valence-corrected chi connectivity index (χ0v) is 19.5. The molecule has 0 radical (unpaired) electrons. The fourth-order valence-electron chi connectivity index (χ4n) is 3.14. The molecule has 8 heteroatoms. The fourth-order valence-corrected chi connectivity index (χ4v) is 5.04. The van der Waals surface area contributed by atoms with Gasteiger partial charge in [0.2, 0.25) is 5.91 Å². The number of hydrogen-bond donors (Lipinski definition) is 0. The monoisotopic (exact) mass is 466 g/mol. The van der Waals surface area contributed by atoms with Gasteiger partial charge in [0.05, 0.1) is 34.2 Å². The molecule has 1 atom stereocenters. The summed E-state index contributed by atoms with van der Waals surface area (Å²) in [6.45, 7) is 7.41. The maximum absolute atomic E-state index is 12.9. The maximum Gasteiger partial charge on any atom is 0.242 e. The Morgan fingerprint density at radius 3 is 2.23 bits per heavy atom. The molecule has 1 aliphatic heterocycles. The third-order valence-electron chi connectivity index (χ3n) is 4.48. The van der Waals surface area contributed by atoms with Crippen LogP contribution >= 0.6 is 35.0 Å². The van der Waals surface area contributed by atoms with Gasteiger partial charge in [-0.3, -0.25) is 9.69 Å². The largest absolute Gasteiger partial charge is 0.494 e. The summed E-state index contributed by atoms with van der Waals surface area (Å²) in [5.41, 5.74) is 1.66. The van der Waals surface area contributed by atoms with Gasteiger partial charge in [-0.25, -0.2) is 4.99 Å². The number of halogens is 2. The van der Waals surface area contributed by atoms with Gasteiger partial charge in [-0.15, -0.1) is 0 Å². The molecular weight excluding hydrogens is 443 g/mol. The lowest BCUT2D eigenvalue weighted by Gasteiger charge is -2.14. The first-order valence-corrected chi connectivity index (χ1v) is 11.5. The highest BCUT2D eigenvalue weighted by atomic mass is 35.5. The van der Waals surface area contributed by atoms with Crippen LogP contribution in [0.5, 0.6) is 11.5 Å². The van der Waals surface area contributed by atoms with Crippen molar-refractivity contribution < 1.29 is 14.3 Å². The van der Waals surface area contributed by atoms with E-state index >= 15 is 0 Å². The lowest BCUT2D eigenvalue weighted by Crippen LogP contribution is -2.32. The van der Waals surface area contributed by atoms with Crippen LogP contribution in [0.2, 0.25) is 10.0 Å². The number of aliphatic imine (C=N–C) groups is 1. The van der Waals surface area contributed by atoms with Crippen molar-refractivity contribution in [1.82, 2.24) is 4.90 Å². The van der Waals surface area contributed by atoms with E-state index in [0.717, 1.165) is 17.0 Å². The first kappa shape index (κ1) is 22.8. The van der Waals surface area contributed by atoms with E-state index in [1.54, 1.807) is 4.90 Å². The highest BCUT2D eigenvalue weighted by molar-refractivity contribution is 8.15. The summed E-state index contributed by atoms with van der Waals surface area (Å²) < 4.78 is 11.0. The number of amidine groups is 1. The van der Waals surface area contributed by atoms with E-state index in [0.29, 0.717) is 47.1 Å². The summed E-state index contributed by atoms with van der Waals surface area (Å²) in [5.74, 6) is 1.31. The van der Waals surface area contributed by atoms with Gasteiger partial charge in [-0.05, 0) is 69.2 Å². The number of carbonyl (C=O) groups is 1. The van der Waals surface area contributed by atoms with Gasteiger partial charge in [0.1, 0.15) is 5.75 Å². The number of amides is 1. The quantitative estimate of drug-likeness (QED) is 0.479. The van der Waals surface area contributed by atoms with E-state index < -0.39 is 0 Å². The molecule has 1 amide bonds. The van der Waals surface area contributed by atoms with Crippen molar-refractivity contribution in [2.45, 2.75) is 32.4 Å². The summed E-state index contributed by atoms with van der Waals surface area (Å²) in [4.78, 5) is 19.3. The normalized spacial score (nSPS) is 17.6. The molecule has 0 bridgehead atoms. The zero-order chi connectivity index (χ0) is 21.7. The van der Waals surface area contributed by atoms with Crippen molar-refractivity contribution in [1.29, 1.82) is 0 Å². The molecule has 5 nitrogen and oxygen atoms in total. The minimum atomic E-state index is -0.281. The molecule has 0 aromatic heterocycles. The highest BCUT2D eigenvalue weighted by Crippen LogP contribution is 2.37. The Kier molecular flexibility index (Phi) is 7.92. The molecule has 2 aromatic carbocycles. The first-order chi connectivity index (χ1) is 14.5. The first-order valence-electron chi connectivity index (χ1n) is 9.87. The Labute approximate surface area is 191 Å². The number of rotatable bonds is 8. The minimum Gasteiger partial charge on any atom is -0.494 e. The molecule has 0 saturated carbocycles. The smallest absolute Gasteiger partial charge is 0.242 e. The molecule has 0 N–H and O–H groups in total. The van der Waals surface area contributed by atoms with E-state index in [1.807, 2.05) is 57.2 Å². The van der Waals surface area contributed by atoms with Crippen molar-refractivity contribution in [2.24, 2.45) is 4.99 Å². The SMILES string of the molecule is CCOc1ccc(N=C2S[C@H](Cc3cc(Cl)c(OCC)c(Cl)c3)C(=O)N2CC)cc1. The van der Waals surface area contributed by atoms with Crippen LogP contribution in [0, 0.1) is 0 Å². The lowest BCUT2D eigenvalue weighted by atomic mass is 10.1. The number of nitrogens with zero attached hydrogens (tertiary/aromatic N) is 2. The number of carbonyl (C=O) groups excluding carboxylic acids is 1. The van der Waals surface area contributed by atoms with Gasteiger partial charge >= 0.3 is 0 Å². The standard InChI is InChI=1S/C22H24Cl2N2O3S/c1-4-26-21(27)19(13-14-11-17(23)20(29-6-3)18(24)12-14)30-22(26)25-15-7-9-16(10-8-15)28-5-2/h7-12,19H,4-6,13H2,1-3H3/t19-/m1/s1. The van der Waals surface area contributed by atoms with Crippen LogP contribution in [-0.4, -0.2) is 41.0 Å². The molecule has 30 heavy (non-hydrogen) atoms. The number of ether oxygens (including phenoxy) is 2. The van der Waals surface area contributed by atoms with Crippen molar-refractivity contribution in [3.05, 3.63) is 52.0 Å². The summed E-state index contributed by atoms with van der Waals surface area (Å²) in [6, 6.07) is 11.1. The van der Waals surface area contributed by atoms with Crippen LogP contribution < -0.4 is 9.47 Å². The van der Waals surface area contributed by atoms with Crippen molar-refractivity contribution in [3.63, 3.8) is 0 Å². The van der Waals surface area contributed by atoms with E-state index in [4.69, 9.17) is 32.7 Å². The Balaban J connectivity index is 1.79. The molecule has 2 aromatic rings. The summed E-state index contributed by atoms with van der Waals surface area (Å²) in [6.07, 6.45) is 0.508. The predicted molar refractivity (Wildman–Crippen MR) is 125 cm³/mol. The molecule has 0 aliphatic carbocycles. The Bertz CT molecular complexity index is 911. The van der Waals surface area contributed by atoms with Crippen molar-refractivity contribution in [3.8, 4) is 11.5 Å². The zero-order valence-electron chi connectivity index (χ0n) is 17.2. The van der Waals surface area contributed by atoms with Crippen LogP contribution in [-0.2, 0) is 11.2 Å². The van der Waals surface area contributed by atoms with Crippen LogP contribution in [0.4, 0.5) is 5.69 Å². The summed E-state index contributed by atoms with van der Waals surface area (Å²) in [5, 5.41) is 1.31. The average molecular weight is 467 g/mol. The van der Waals surface area contributed by atoms with Gasteiger partial charge < -0.3 is 9.47 Å². The van der Waals surface area contributed by atoms with Gasteiger partial charge in [0.25, 0.3) is 0 Å². The molecule has 0 spiro atoms. The van der Waals surface area contributed by atoms with Crippen molar-refractivity contribution in [2.75, 3.05) is 19.8 Å². The number of thioether (sulfide) groups is 1. The van der Waals surface area contributed by atoms with Crippen LogP contribution in [0.3, 0.4) is 0 Å². The third kappa shape index (κ3) is 5.23. The molecule has 160 valence electrons. The second-order valence-electron chi connectivity index (χ2n) is 6.54. The average Bonchev–Trinajstić information content (AvgIpc) is 3.00. The Morgan fingerprint density at radius 2 is 1.67 bits per heavy atom. The second kappa shape index (κ2) is 10.4. The maximum atomic E-state index is 12.9. The summed E-state index contributed by atoms with van der Waals surface area (Å²) >= 11 is 14.1. The lowest BCUT2D eigenvalue weighted by molar-refractivity contribution is -0.126. The summed E-state index contributed by atoms with van der Waals surface area (Å²) in [7, 11) is 0. The second-order valence-corrected chi connectivity index (χ2v) is 8.52. The van der Waals surface area contributed by atoms with Gasteiger partial charge in [-0.1, -0.05) is 35.0 Å². The molecule has 0 unspecified atom stereocenters. The topological polar surface area (TPSA) is 51.1 Å². The predicted octanol–water partition coefficient (Wildman–Crippen LogP) is 5.98. The van der Waals surface area contributed by atoms with Crippen LogP contribution in [0.15, 0.2) is 41.4 Å². The van der Waals surface area contributed by atoms with Crippen LogP contribution in [0.25, 0.3) is 0 Å². The highest BCUT2D eigenvalue weighted by Gasteiger charge is 2.37. The third-order valence-corrected chi connectivity index (χ3v) is 6.21. The Morgan fingerprint density at radius 1 is 1.03 bits per heavy atom. The molecule has 1 fully saturated rings. The minimum absolute atomic E-state index is 0.0355. The van der Waals surface area contributed by atoms with E-state index in [1.165, 1.54) is 11.8 Å². The fraction of sp³-hybridized carbons (Fsp3) is 0.364. The van der Waals surface area contributed by atoms with Crippen LogP contribution in [0.1, 0.15) is 26.3 Å². The van der Waals surface area contributed by atoms with Gasteiger partial charge in [0.15, 0.2) is 10.9 Å². The molecular formula is C22H24Cl2N2O3S. The molecule has 1 saturated heterocycles. The molecule has 3 rings (SSSR count). The van der Waals surface area contributed by atoms with Gasteiger partial charge in [0, 0.05) is 6.54 Å². The van der Waals surface area contributed by atoms with E-state index in [9.17, 15) is 4.79 Å². The van der Waals surface area contributed by atoms with Crippen molar-refractivity contribution >= 4 is 51.7 Å². The Hall–Kier alpha value is -1.89.